The SMILES string of the molecule is Cc1cccc(-c2noc(C3CCC(=O)N3Cc3ccc(C(C)C)cc3)n2)c1. The number of hydrogen-bond donors (Lipinski definition) is 0. The summed E-state index contributed by atoms with van der Waals surface area (Å²) in [5, 5.41) is 4.15. The molecule has 2 heterocycles. The van der Waals surface area contributed by atoms with Gasteiger partial charge in [-0.25, -0.2) is 0 Å². The van der Waals surface area contributed by atoms with Crippen LogP contribution in [0.5, 0.6) is 0 Å². The lowest BCUT2D eigenvalue weighted by Gasteiger charge is -2.22. The van der Waals surface area contributed by atoms with Crippen LogP contribution in [0.15, 0.2) is 53.1 Å². The van der Waals surface area contributed by atoms with Gasteiger partial charge in [0, 0.05) is 18.5 Å². The molecule has 1 aromatic heterocycles. The summed E-state index contributed by atoms with van der Waals surface area (Å²) >= 11 is 0. The normalized spacial score (nSPS) is 16.9. The van der Waals surface area contributed by atoms with E-state index in [2.05, 4.69) is 48.3 Å². The predicted octanol–water partition coefficient (Wildman–Crippen LogP) is 5.03. The minimum atomic E-state index is -0.164. The van der Waals surface area contributed by atoms with Gasteiger partial charge in [0.05, 0.1) is 0 Å². The summed E-state index contributed by atoms with van der Waals surface area (Å²) < 4.78 is 5.55. The molecule has 1 atom stereocenters. The molecule has 0 spiro atoms. The largest absolute Gasteiger partial charge is 0.337 e. The molecular weight excluding hydrogens is 350 g/mol. The van der Waals surface area contributed by atoms with E-state index in [0.717, 1.165) is 16.7 Å². The molecule has 1 amide bonds. The lowest BCUT2D eigenvalue weighted by atomic mass is 10.0. The number of likely N-dealkylation sites (tertiary alicyclic amines) is 1. The molecule has 2 aromatic carbocycles. The summed E-state index contributed by atoms with van der Waals surface area (Å²) in [7, 11) is 0. The number of carbonyl (C=O) groups is 1. The van der Waals surface area contributed by atoms with Crippen molar-refractivity contribution in [1.82, 2.24) is 15.0 Å². The molecule has 5 nitrogen and oxygen atoms in total. The molecule has 28 heavy (non-hydrogen) atoms. The van der Waals surface area contributed by atoms with Gasteiger partial charge in [0.15, 0.2) is 0 Å². The molecule has 0 radical (unpaired) electrons. The molecule has 4 rings (SSSR count). The molecular formula is C23H25N3O2. The number of benzene rings is 2. The van der Waals surface area contributed by atoms with E-state index in [1.165, 1.54) is 5.56 Å². The zero-order valence-electron chi connectivity index (χ0n) is 16.6. The van der Waals surface area contributed by atoms with Crippen molar-refractivity contribution in [2.75, 3.05) is 0 Å². The summed E-state index contributed by atoms with van der Waals surface area (Å²) in [6, 6.07) is 16.3. The fourth-order valence-corrected chi connectivity index (χ4v) is 3.67. The maximum Gasteiger partial charge on any atom is 0.249 e. The first-order chi connectivity index (χ1) is 13.5. The average Bonchev–Trinajstić information content (AvgIpc) is 3.30. The number of aromatic nitrogens is 2. The van der Waals surface area contributed by atoms with Gasteiger partial charge >= 0.3 is 0 Å². The topological polar surface area (TPSA) is 59.2 Å². The number of carbonyl (C=O) groups excluding carboxylic acids is 1. The zero-order valence-corrected chi connectivity index (χ0v) is 16.6. The van der Waals surface area contributed by atoms with Gasteiger partial charge in [-0.2, -0.15) is 4.98 Å². The Morgan fingerprint density at radius 1 is 1.18 bits per heavy atom. The smallest absolute Gasteiger partial charge is 0.249 e. The third-order valence-corrected chi connectivity index (χ3v) is 5.33. The monoisotopic (exact) mass is 375 g/mol. The van der Waals surface area contributed by atoms with Crippen molar-refractivity contribution in [3.63, 3.8) is 0 Å². The van der Waals surface area contributed by atoms with E-state index in [1.807, 2.05) is 36.1 Å². The Morgan fingerprint density at radius 3 is 2.68 bits per heavy atom. The minimum Gasteiger partial charge on any atom is -0.337 e. The predicted molar refractivity (Wildman–Crippen MR) is 108 cm³/mol. The Kier molecular flexibility index (Phi) is 4.99. The molecule has 0 aliphatic carbocycles. The summed E-state index contributed by atoms with van der Waals surface area (Å²) in [4.78, 5) is 18.9. The number of aryl methyl sites for hydroxylation is 1. The van der Waals surface area contributed by atoms with Crippen LogP contribution < -0.4 is 0 Å². The highest BCUT2D eigenvalue weighted by atomic mass is 16.5. The van der Waals surface area contributed by atoms with E-state index in [4.69, 9.17) is 4.52 Å². The zero-order chi connectivity index (χ0) is 19.7. The van der Waals surface area contributed by atoms with Crippen molar-refractivity contribution in [3.8, 4) is 11.4 Å². The van der Waals surface area contributed by atoms with Gasteiger partial charge in [-0.1, -0.05) is 67.0 Å². The third-order valence-electron chi connectivity index (χ3n) is 5.33. The first kappa shape index (κ1) is 18.4. The Bertz CT molecular complexity index is 976. The van der Waals surface area contributed by atoms with E-state index in [0.29, 0.717) is 37.0 Å². The third kappa shape index (κ3) is 3.70. The Balaban J connectivity index is 1.55. The lowest BCUT2D eigenvalue weighted by molar-refractivity contribution is -0.129. The minimum absolute atomic E-state index is 0.133. The van der Waals surface area contributed by atoms with Gasteiger partial charge in [0.1, 0.15) is 6.04 Å². The Morgan fingerprint density at radius 2 is 1.96 bits per heavy atom. The van der Waals surface area contributed by atoms with Gasteiger partial charge < -0.3 is 9.42 Å². The lowest BCUT2D eigenvalue weighted by Crippen LogP contribution is -2.27. The van der Waals surface area contributed by atoms with Crippen LogP contribution in [0.25, 0.3) is 11.4 Å². The maximum absolute atomic E-state index is 12.5. The summed E-state index contributed by atoms with van der Waals surface area (Å²) in [6.45, 7) is 6.95. The van der Waals surface area contributed by atoms with Crippen molar-refractivity contribution in [1.29, 1.82) is 0 Å². The molecule has 0 bridgehead atoms. The molecule has 144 valence electrons. The first-order valence-corrected chi connectivity index (χ1v) is 9.80. The standard InChI is InChI=1S/C23H25N3O2/c1-15(2)18-9-7-17(8-10-18)14-26-20(11-12-21(26)27)23-24-22(25-28-23)19-6-4-5-16(3)13-19/h4-10,13,15,20H,11-12,14H2,1-3H3. The number of hydrogen-bond acceptors (Lipinski definition) is 4. The molecule has 1 saturated heterocycles. The van der Waals surface area contributed by atoms with Gasteiger partial charge in [-0.3, -0.25) is 4.79 Å². The second-order valence-corrected chi connectivity index (χ2v) is 7.80. The maximum atomic E-state index is 12.5. The van der Waals surface area contributed by atoms with E-state index in [1.54, 1.807) is 0 Å². The van der Waals surface area contributed by atoms with Gasteiger partial charge in [-0.05, 0) is 36.5 Å². The molecule has 1 aliphatic heterocycles. The number of nitrogens with zero attached hydrogens (tertiary/aromatic N) is 3. The second-order valence-electron chi connectivity index (χ2n) is 7.80. The van der Waals surface area contributed by atoms with Crippen LogP contribution in [-0.2, 0) is 11.3 Å². The molecule has 5 heteroatoms. The van der Waals surface area contributed by atoms with E-state index < -0.39 is 0 Å². The highest BCUT2D eigenvalue weighted by molar-refractivity contribution is 5.78. The van der Waals surface area contributed by atoms with Crippen LogP contribution >= 0.6 is 0 Å². The molecule has 1 fully saturated rings. The Hall–Kier alpha value is -2.95. The van der Waals surface area contributed by atoms with E-state index in [9.17, 15) is 4.79 Å². The van der Waals surface area contributed by atoms with Crippen molar-refractivity contribution in [2.45, 2.75) is 52.1 Å². The molecule has 0 N–H and O–H groups in total. The van der Waals surface area contributed by atoms with Gasteiger partial charge in [0.25, 0.3) is 0 Å². The van der Waals surface area contributed by atoms with Crippen molar-refractivity contribution < 1.29 is 9.32 Å². The van der Waals surface area contributed by atoms with Crippen molar-refractivity contribution in [3.05, 3.63) is 71.1 Å². The quantitative estimate of drug-likeness (QED) is 0.627. The summed E-state index contributed by atoms with van der Waals surface area (Å²) in [5.74, 6) is 1.71. The van der Waals surface area contributed by atoms with Crippen molar-refractivity contribution >= 4 is 5.91 Å². The highest BCUT2D eigenvalue weighted by Crippen LogP contribution is 2.34. The molecule has 1 aliphatic rings. The van der Waals surface area contributed by atoms with Crippen LogP contribution in [0, 0.1) is 6.92 Å². The van der Waals surface area contributed by atoms with Gasteiger partial charge in [0.2, 0.25) is 17.6 Å². The van der Waals surface area contributed by atoms with Gasteiger partial charge in [-0.15, -0.1) is 0 Å². The summed E-state index contributed by atoms with van der Waals surface area (Å²) in [6.07, 6.45) is 1.22. The Labute approximate surface area is 165 Å². The highest BCUT2D eigenvalue weighted by Gasteiger charge is 2.36. The van der Waals surface area contributed by atoms with Crippen molar-refractivity contribution in [2.24, 2.45) is 0 Å². The first-order valence-electron chi connectivity index (χ1n) is 9.80. The molecule has 3 aromatic rings. The van der Waals surface area contributed by atoms with Crippen LogP contribution in [0.1, 0.15) is 61.2 Å². The second kappa shape index (κ2) is 7.58. The van der Waals surface area contributed by atoms with Crippen LogP contribution in [-0.4, -0.2) is 20.9 Å². The number of rotatable bonds is 5. The van der Waals surface area contributed by atoms with Crippen LogP contribution in [0.2, 0.25) is 0 Å². The number of amides is 1. The fraction of sp³-hybridized carbons (Fsp3) is 0.348. The average molecular weight is 375 g/mol. The molecule has 1 unspecified atom stereocenters. The van der Waals surface area contributed by atoms with Crippen LogP contribution in [0.4, 0.5) is 0 Å². The van der Waals surface area contributed by atoms with E-state index >= 15 is 0 Å². The summed E-state index contributed by atoms with van der Waals surface area (Å²) in [5.41, 5.74) is 4.48. The fourth-order valence-electron chi connectivity index (χ4n) is 3.67. The van der Waals surface area contributed by atoms with Crippen LogP contribution in [0.3, 0.4) is 0 Å². The molecule has 0 saturated carbocycles. The van der Waals surface area contributed by atoms with E-state index in [-0.39, 0.29) is 11.9 Å².